The summed E-state index contributed by atoms with van der Waals surface area (Å²) in [6.07, 6.45) is -4.46. The molecule has 0 N–H and O–H groups in total. The van der Waals surface area contributed by atoms with E-state index in [1.54, 1.807) is 0 Å². The van der Waals surface area contributed by atoms with E-state index in [9.17, 15) is 26.3 Å². The van der Waals surface area contributed by atoms with Gasteiger partial charge in [0.05, 0.1) is 5.56 Å². The van der Waals surface area contributed by atoms with E-state index in [0.717, 1.165) is 24.3 Å². The van der Waals surface area contributed by atoms with Crippen molar-refractivity contribution in [3.63, 3.8) is 0 Å². The van der Waals surface area contributed by atoms with Crippen molar-refractivity contribution in [2.24, 2.45) is 0 Å². The highest BCUT2D eigenvalue weighted by Crippen LogP contribution is 2.34. The lowest BCUT2D eigenvalue weighted by Crippen LogP contribution is -2.05. The Hall–Kier alpha value is -1.11. The van der Waals surface area contributed by atoms with Crippen molar-refractivity contribution in [2.75, 3.05) is 5.75 Å². The topological polar surface area (TPSA) is 0 Å². The minimum atomic E-state index is -4.46. The third kappa shape index (κ3) is 4.64. The maximum absolute atomic E-state index is 12.2. The minimum Gasteiger partial charge on any atom is -0.166 e. The molecular weight excluding hydrogens is 278 g/mol. The van der Waals surface area contributed by atoms with Crippen LogP contribution in [0.2, 0.25) is 0 Å². The molecule has 7 heteroatoms. The highest BCUT2D eigenvalue weighted by atomic mass is 32.2. The second-order valence-electron chi connectivity index (χ2n) is 3.41. The van der Waals surface area contributed by atoms with Crippen LogP contribution in [-0.4, -0.2) is 11.3 Å². The zero-order chi connectivity index (χ0) is 14.0. The average molecular weight is 286 g/mol. The van der Waals surface area contributed by atoms with E-state index in [2.05, 4.69) is 6.58 Å². The Bertz CT molecular complexity index is 415. The maximum atomic E-state index is 12.2. The van der Waals surface area contributed by atoms with E-state index in [1.807, 2.05) is 0 Å². The van der Waals surface area contributed by atoms with Crippen LogP contribution < -0.4 is 0 Å². The van der Waals surface area contributed by atoms with Crippen molar-refractivity contribution in [1.82, 2.24) is 0 Å². The molecule has 0 bridgehead atoms. The van der Waals surface area contributed by atoms with Gasteiger partial charge in [-0.2, -0.15) is 26.3 Å². The number of hydrogen-bond acceptors (Lipinski definition) is 1. The van der Waals surface area contributed by atoms with Crippen LogP contribution in [0.5, 0.6) is 0 Å². The molecule has 1 aromatic rings. The van der Waals surface area contributed by atoms with E-state index >= 15 is 0 Å². The molecule has 0 atom stereocenters. The zero-order valence-electron chi connectivity index (χ0n) is 8.90. The smallest absolute Gasteiger partial charge is 0.166 e. The molecule has 0 saturated carbocycles. The molecule has 0 unspecified atom stereocenters. The fourth-order valence-electron chi connectivity index (χ4n) is 1.15. The molecular formula is C11H8F6S. The predicted octanol–water partition coefficient (Wildman–Crippen LogP) is 4.97. The lowest BCUT2D eigenvalue weighted by molar-refractivity contribution is -0.137. The second kappa shape index (κ2) is 5.26. The molecule has 0 saturated heterocycles. The molecule has 0 aliphatic heterocycles. The zero-order valence-corrected chi connectivity index (χ0v) is 9.72. The summed E-state index contributed by atoms with van der Waals surface area (Å²) >= 11 is -0.276. The Morgan fingerprint density at radius 1 is 1.00 bits per heavy atom. The summed E-state index contributed by atoms with van der Waals surface area (Å²) in [5, 5.41) is 0. The van der Waals surface area contributed by atoms with Gasteiger partial charge in [0.1, 0.15) is 0 Å². The van der Waals surface area contributed by atoms with Gasteiger partial charge in [0.15, 0.2) is 0 Å². The molecule has 0 aliphatic rings. The number of halogens is 6. The van der Waals surface area contributed by atoms with Crippen LogP contribution in [0.1, 0.15) is 11.1 Å². The van der Waals surface area contributed by atoms with E-state index in [4.69, 9.17) is 0 Å². The summed E-state index contributed by atoms with van der Waals surface area (Å²) in [6, 6.07) is 3.86. The fourth-order valence-corrected chi connectivity index (χ4v) is 1.65. The van der Waals surface area contributed by atoms with Crippen molar-refractivity contribution in [3.05, 3.63) is 42.0 Å². The molecule has 1 aromatic carbocycles. The summed E-state index contributed by atoms with van der Waals surface area (Å²) in [7, 11) is 0. The lowest BCUT2D eigenvalue weighted by atomic mass is 10.1. The number of hydrogen-bond donors (Lipinski definition) is 0. The maximum Gasteiger partial charge on any atom is 0.442 e. The van der Waals surface area contributed by atoms with Crippen LogP contribution in [-0.2, 0) is 6.18 Å². The summed E-state index contributed by atoms with van der Waals surface area (Å²) in [5.41, 5.74) is -4.83. The van der Waals surface area contributed by atoms with E-state index < -0.39 is 23.0 Å². The van der Waals surface area contributed by atoms with Gasteiger partial charge < -0.3 is 0 Å². The lowest BCUT2D eigenvalue weighted by Gasteiger charge is -2.10. The fraction of sp³-hybridized carbons (Fsp3) is 0.273. The molecule has 0 amide bonds. The van der Waals surface area contributed by atoms with Gasteiger partial charge in [-0.1, -0.05) is 18.7 Å². The Morgan fingerprint density at radius 2 is 1.50 bits per heavy atom. The van der Waals surface area contributed by atoms with Gasteiger partial charge in [-0.05, 0) is 35.0 Å². The molecule has 0 heterocycles. The molecule has 100 valence electrons. The van der Waals surface area contributed by atoms with Gasteiger partial charge in [0.2, 0.25) is 0 Å². The first-order valence-electron chi connectivity index (χ1n) is 4.66. The molecule has 0 fully saturated rings. The predicted molar refractivity (Wildman–Crippen MR) is 59.0 cm³/mol. The Balaban J connectivity index is 2.71. The quantitative estimate of drug-likeness (QED) is 0.707. The van der Waals surface area contributed by atoms with Crippen molar-refractivity contribution >= 4 is 17.3 Å². The first-order valence-corrected chi connectivity index (χ1v) is 5.64. The normalized spacial score (nSPS) is 12.6. The van der Waals surface area contributed by atoms with Crippen LogP contribution in [0.3, 0.4) is 0 Å². The monoisotopic (exact) mass is 286 g/mol. The highest BCUT2D eigenvalue weighted by Gasteiger charge is 2.30. The van der Waals surface area contributed by atoms with Gasteiger partial charge in [-0.25, -0.2) is 0 Å². The van der Waals surface area contributed by atoms with E-state index in [-0.39, 0.29) is 22.9 Å². The van der Waals surface area contributed by atoms with Gasteiger partial charge >= 0.3 is 11.7 Å². The summed E-state index contributed by atoms with van der Waals surface area (Å²) < 4.78 is 72.5. The molecule has 18 heavy (non-hydrogen) atoms. The van der Waals surface area contributed by atoms with Crippen molar-refractivity contribution in [1.29, 1.82) is 0 Å². The third-order valence-corrected chi connectivity index (χ3v) is 2.85. The number of benzene rings is 1. The van der Waals surface area contributed by atoms with Gasteiger partial charge in [-0.15, -0.1) is 0 Å². The van der Waals surface area contributed by atoms with Gasteiger partial charge in [0, 0.05) is 5.75 Å². The average Bonchev–Trinajstić information content (AvgIpc) is 2.24. The summed E-state index contributed by atoms with van der Waals surface area (Å²) in [5.74, 6) is -0.408. The molecule has 0 aliphatic carbocycles. The second-order valence-corrected chi connectivity index (χ2v) is 4.45. The van der Waals surface area contributed by atoms with Crippen LogP contribution in [0, 0.1) is 0 Å². The van der Waals surface area contributed by atoms with Crippen LogP contribution in [0.4, 0.5) is 26.3 Å². The third-order valence-electron chi connectivity index (χ3n) is 2.03. The minimum absolute atomic E-state index is 0.131. The Kier molecular flexibility index (Phi) is 4.37. The van der Waals surface area contributed by atoms with Gasteiger partial charge in [-0.3, -0.25) is 0 Å². The van der Waals surface area contributed by atoms with Crippen molar-refractivity contribution in [2.45, 2.75) is 11.7 Å². The van der Waals surface area contributed by atoms with Gasteiger partial charge in [0.25, 0.3) is 0 Å². The van der Waals surface area contributed by atoms with E-state index in [1.165, 1.54) is 0 Å². The number of thioether (sulfide) groups is 1. The highest BCUT2D eigenvalue weighted by molar-refractivity contribution is 8.00. The standard InChI is InChI=1S/C11H8F6S/c1-7(6-18-11(15,16)17)8-2-4-9(5-3-8)10(12,13)14/h2-5H,1,6H2. The van der Waals surface area contributed by atoms with Crippen molar-refractivity contribution < 1.29 is 26.3 Å². The Labute approximate surface area is 104 Å². The number of alkyl halides is 6. The van der Waals surface area contributed by atoms with Crippen LogP contribution in [0.25, 0.3) is 5.57 Å². The molecule has 0 radical (unpaired) electrons. The first kappa shape index (κ1) is 14.9. The van der Waals surface area contributed by atoms with Crippen LogP contribution >= 0.6 is 11.8 Å². The SMILES string of the molecule is C=C(CSC(F)(F)F)c1ccc(C(F)(F)F)cc1. The molecule has 0 aromatic heterocycles. The van der Waals surface area contributed by atoms with Crippen molar-refractivity contribution in [3.8, 4) is 0 Å². The molecule has 0 nitrogen and oxygen atoms in total. The Morgan fingerprint density at radius 3 is 1.89 bits per heavy atom. The summed E-state index contributed by atoms with van der Waals surface area (Å²) in [4.78, 5) is 0. The van der Waals surface area contributed by atoms with E-state index in [0.29, 0.717) is 0 Å². The number of rotatable bonds is 3. The largest absolute Gasteiger partial charge is 0.442 e. The summed E-state index contributed by atoms with van der Waals surface area (Å²) in [6.45, 7) is 3.42. The molecule has 1 rings (SSSR count). The van der Waals surface area contributed by atoms with Crippen LogP contribution in [0.15, 0.2) is 30.8 Å². The first-order chi connectivity index (χ1) is 8.09. The molecule has 0 spiro atoms.